The third kappa shape index (κ3) is 3.92. The maximum Gasteiger partial charge on any atom is 0.191 e. The van der Waals surface area contributed by atoms with E-state index in [4.69, 9.17) is 5.73 Å². The Balaban J connectivity index is 2.04. The van der Waals surface area contributed by atoms with Crippen LogP contribution in [-0.4, -0.2) is 42.0 Å². The van der Waals surface area contributed by atoms with Crippen LogP contribution in [0.2, 0.25) is 0 Å². The summed E-state index contributed by atoms with van der Waals surface area (Å²) in [6.07, 6.45) is 0. The number of thioether (sulfide) groups is 1. The molecule has 1 aliphatic rings. The van der Waals surface area contributed by atoms with Gasteiger partial charge in [0.2, 0.25) is 0 Å². The molecule has 0 bridgehead atoms. The molecule has 0 atom stereocenters. The molecule has 3 nitrogen and oxygen atoms in total. The Labute approximate surface area is 126 Å². The van der Waals surface area contributed by atoms with Crippen LogP contribution in [0.15, 0.2) is 29.3 Å². The van der Waals surface area contributed by atoms with E-state index in [0.717, 1.165) is 31.1 Å². The van der Waals surface area contributed by atoms with Crippen LogP contribution < -0.4 is 5.73 Å². The van der Waals surface area contributed by atoms with Crippen molar-refractivity contribution in [1.29, 1.82) is 0 Å². The first-order valence-electron chi connectivity index (χ1n) is 7.19. The molecule has 1 heterocycles. The highest BCUT2D eigenvalue weighted by Crippen LogP contribution is 2.24. The minimum absolute atomic E-state index is 0.0151. The predicted molar refractivity (Wildman–Crippen MR) is 89.6 cm³/mol. The third-order valence-electron chi connectivity index (χ3n) is 3.77. The van der Waals surface area contributed by atoms with E-state index in [2.05, 4.69) is 54.9 Å². The lowest BCUT2D eigenvalue weighted by molar-refractivity contribution is 0.449. The molecular weight excluding hydrogens is 266 g/mol. The second-order valence-electron chi connectivity index (χ2n) is 6.03. The Kier molecular flexibility index (Phi) is 4.97. The molecule has 0 spiro atoms. The molecule has 2 rings (SSSR count). The molecule has 0 aliphatic carbocycles. The van der Waals surface area contributed by atoms with Gasteiger partial charge in [-0.3, -0.25) is 4.99 Å². The summed E-state index contributed by atoms with van der Waals surface area (Å²) in [5.41, 5.74) is 8.76. The first kappa shape index (κ1) is 15.2. The second kappa shape index (κ2) is 6.53. The van der Waals surface area contributed by atoms with Crippen molar-refractivity contribution in [3.05, 3.63) is 35.4 Å². The first-order valence-corrected chi connectivity index (χ1v) is 8.34. The molecule has 4 heteroatoms. The molecule has 1 fully saturated rings. The number of rotatable bonds is 3. The summed E-state index contributed by atoms with van der Waals surface area (Å²) in [7, 11) is 0. The third-order valence-corrected chi connectivity index (χ3v) is 4.71. The molecule has 20 heavy (non-hydrogen) atoms. The molecule has 2 N–H and O–H groups in total. The molecule has 0 aromatic heterocycles. The van der Waals surface area contributed by atoms with Crippen molar-refractivity contribution in [2.45, 2.75) is 26.2 Å². The minimum Gasteiger partial charge on any atom is -0.370 e. The van der Waals surface area contributed by atoms with Gasteiger partial charge in [-0.25, -0.2) is 0 Å². The van der Waals surface area contributed by atoms with E-state index in [1.807, 2.05) is 11.8 Å². The summed E-state index contributed by atoms with van der Waals surface area (Å²) >= 11 is 1.99. The zero-order valence-corrected chi connectivity index (χ0v) is 13.5. The summed E-state index contributed by atoms with van der Waals surface area (Å²) in [5, 5.41) is 0. The first-order chi connectivity index (χ1) is 9.49. The number of hydrogen-bond acceptors (Lipinski definition) is 2. The van der Waals surface area contributed by atoms with Crippen LogP contribution in [0.3, 0.4) is 0 Å². The molecule has 0 amide bonds. The van der Waals surface area contributed by atoms with Crippen LogP contribution in [-0.2, 0) is 5.41 Å². The van der Waals surface area contributed by atoms with Gasteiger partial charge in [0, 0.05) is 30.0 Å². The quantitative estimate of drug-likeness (QED) is 0.687. The van der Waals surface area contributed by atoms with Gasteiger partial charge in [-0.15, -0.1) is 0 Å². The molecule has 1 aromatic carbocycles. The summed E-state index contributed by atoms with van der Waals surface area (Å²) in [5.74, 6) is 3.00. The molecule has 0 radical (unpaired) electrons. The topological polar surface area (TPSA) is 41.6 Å². The van der Waals surface area contributed by atoms with Gasteiger partial charge in [-0.05, 0) is 12.5 Å². The van der Waals surface area contributed by atoms with Crippen LogP contribution >= 0.6 is 11.8 Å². The lowest BCUT2D eigenvalue weighted by Gasteiger charge is -2.29. The molecule has 1 aromatic rings. The molecule has 1 aliphatic heterocycles. The van der Waals surface area contributed by atoms with Crippen molar-refractivity contribution >= 4 is 17.7 Å². The summed E-state index contributed by atoms with van der Waals surface area (Å²) in [6, 6.07) is 8.66. The van der Waals surface area contributed by atoms with Gasteiger partial charge >= 0.3 is 0 Å². The van der Waals surface area contributed by atoms with Gasteiger partial charge in [0.05, 0.1) is 6.54 Å². The number of hydrogen-bond donors (Lipinski definition) is 1. The van der Waals surface area contributed by atoms with Crippen LogP contribution in [0.1, 0.15) is 25.0 Å². The normalized spacial score (nSPS) is 17.4. The number of benzene rings is 1. The van der Waals surface area contributed by atoms with Gasteiger partial charge in [0.25, 0.3) is 0 Å². The van der Waals surface area contributed by atoms with Crippen LogP contribution in [0, 0.1) is 6.92 Å². The Bertz CT molecular complexity index is 476. The van der Waals surface area contributed by atoms with Crippen molar-refractivity contribution in [1.82, 2.24) is 4.90 Å². The standard InChI is InChI=1S/C16H25N3S/c1-13-5-4-6-14(11-13)16(2,3)12-18-15(17)19-7-9-20-10-8-19/h4-6,11H,7-10,12H2,1-3H3,(H2,17,18). The van der Waals surface area contributed by atoms with E-state index in [-0.39, 0.29) is 5.41 Å². The lowest BCUT2D eigenvalue weighted by Crippen LogP contribution is -2.43. The van der Waals surface area contributed by atoms with E-state index in [1.165, 1.54) is 11.1 Å². The van der Waals surface area contributed by atoms with Crippen molar-refractivity contribution in [2.75, 3.05) is 31.1 Å². The van der Waals surface area contributed by atoms with Gasteiger partial charge in [0.1, 0.15) is 0 Å². The number of guanidine groups is 1. The van der Waals surface area contributed by atoms with Crippen molar-refractivity contribution in [3.8, 4) is 0 Å². The number of aliphatic imine (C=N–C) groups is 1. The van der Waals surface area contributed by atoms with Gasteiger partial charge in [0.15, 0.2) is 5.96 Å². The molecular formula is C16H25N3S. The lowest BCUT2D eigenvalue weighted by atomic mass is 9.84. The van der Waals surface area contributed by atoms with Crippen LogP contribution in [0.4, 0.5) is 0 Å². The monoisotopic (exact) mass is 291 g/mol. The highest BCUT2D eigenvalue weighted by Gasteiger charge is 2.21. The van der Waals surface area contributed by atoms with Gasteiger partial charge in [-0.1, -0.05) is 43.7 Å². The molecule has 110 valence electrons. The minimum atomic E-state index is 0.0151. The maximum absolute atomic E-state index is 6.13. The van der Waals surface area contributed by atoms with Gasteiger partial charge in [-0.2, -0.15) is 11.8 Å². The predicted octanol–water partition coefficient (Wildman–Crippen LogP) is 2.64. The molecule has 0 unspecified atom stereocenters. The average molecular weight is 291 g/mol. The van der Waals surface area contributed by atoms with Crippen molar-refractivity contribution in [3.63, 3.8) is 0 Å². The summed E-state index contributed by atoms with van der Waals surface area (Å²) in [6.45, 7) is 9.35. The second-order valence-corrected chi connectivity index (χ2v) is 7.25. The summed E-state index contributed by atoms with van der Waals surface area (Å²) < 4.78 is 0. The highest BCUT2D eigenvalue weighted by atomic mass is 32.2. The van der Waals surface area contributed by atoms with E-state index in [1.54, 1.807) is 0 Å². The largest absolute Gasteiger partial charge is 0.370 e. The summed E-state index contributed by atoms with van der Waals surface area (Å²) in [4.78, 5) is 6.83. The van der Waals surface area contributed by atoms with Gasteiger partial charge < -0.3 is 10.6 Å². The fraction of sp³-hybridized carbons (Fsp3) is 0.562. The Morgan fingerprint density at radius 2 is 2.05 bits per heavy atom. The van der Waals surface area contributed by atoms with Crippen molar-refractivity contribution in [2.24, 2.45) is 10.7 Å². The molecule has 1 saturated heterocycles. The van der Waals surface area contributed by atoms with E-state index < -0.39 is 0 Å². The zero-order chi connectivity index (χ0) is 14.6. The average Bonchev–Trinajstić information content (AvgIpc) is 2.46. The SMILES string of the molecule is Cc1cccc(C(C)(C)CN=C(N)N2CCSCC2)c1. The Morgan fingerprint density at radius 3 is 2.70 bits per heavy atom. The van der Waals surface area contributed by atoms with E-state index >= 15 is 0 Å². The number of aryl methyl sites for hydroxylation is 1. The zero-order valence-electron chi connectivity index (χ0n) is 12.7. The maximum atomic E-state index is 6.13. The Hall–Kier alpha value is -1.16. The van der Waals surface area contributed by atoms with E-state index in [0.29, 0.717) is 5.96 Å². The molecule has 0 saturated carbocycles. The van der Waals surface area contributed by atoms with Crippen LogP contribution in [0.25, 0.3) is 0 Å². The highest BCUT2D eigenvalue weighted by molar-refractivity contribution is 7.99. The fourth-order valence-electron chi connectivity index (χ4n) is 2.33. The number of nitrogens with two attached hydrogens (primary N) is 1. The van der Waals surface area contributed by atoms with E-state index in [9.17, 15) is 0 Å². The smallest absolute Gasteiger partial charge is 0.191 e. The Morgan fingerprint density at radius 1 is 1.35 bits per heavy atom. The van der Waals surface area contributed by atoms with Crippen molar-refractivity contribution < 1.29 is 0 Å². The number of nitrogens with zero attached hydrogens (tertiary/aromatic N) is 2. The van der Waals surface area contributed by atoms with Crippen LogP contribution in [0.5, 0.6) is 0 Å². The fourth-order valence-corrected chi connectivity index (χ4v) is 3.23.